The zero-order valence-corrected chi connectivity index (χ0v) is 10.7. The lowest BCUT2D eigenvalue weighted by molar-refractivity contribution is -0.145. The van der Waals surface area contributed by atoms with Gasteiger partial charge in [0.1, 0.15) is 6.04 Å². The van der Waals surface area contributed by atoms with Crippen LogP contribution in [-0.4, -0.2) is 28.1 Å². The van der Waals surface area contributed by atoms with Gasteiger partial charge in [-0.3, -0.25) is 9.69 Å². The SMILES string of the molecule is CC(C1CC1)N1Cc2ccccc2CC1C(=O)O. The lowest BCUT2D eigenvalue weighted by atomic mass is 9.92. The number of hydrogen-bond donors (Lipinski definition) is 1. The Morgan fingerprint density at radius 2 is 2.00 bits per heavy atom. The first-order valence-corrected chi connectivity index (χ1v) is 6.72. The lowest BCUT2D eigenvalue weighted by Gasteiger charge is -2.38. The molecule has 1 aliphatic carbocycles. The topological polar surface area (TPSA) is 40.5 Å². The molecule has 1 fully saturated rings. The third-order valence-corrected chi connectivity index (χ3v) is 4.40. The molecule has 0 amide bonds. The molecule has 0 bridgehead atoms. The molecule has 1 saturated carbocycles. The van der Waals surface area contributed by atoms with Crippen LogP contribution < -0.4 is 0 Å². The fraction of sp³-hybridized carbons (Fsp3) is 0.533. The Bertz CT molecular complexity index is 467. The zero-order valence-electron chi connectivity index (χ0n) is 10.7. The quantitative estimate of drug-likeness (QED) is 0.888. The Morgan fingerprint density at radius 3 is 2.61 bits per heavy atom. The normalized spacial score (nSPS) is 25.5. The Morgan fingerprint density at radius 1 is 1.33 bits per heavy atom. The van der Waals surface area contributed by atoms with Gasteiger partial charge >= 0.3 is 5.97 Å². The largest absolute Gasteiger partial charge is 0.480 e. The Kier molecular flexibility index (Phi) is 2.86. The van der Waals surface area contributed by atoms with Crippen molar-refractivity contribution in [1.82, 2.24) is 4.90 Å². The van der Waals surface area contributed by atoms with Crippen molar-refractivity contribution in [2.24, 2.45) is 5.92 Å². The smallest absolute Gasteiger partial charge is 0.321 e. The molecule has 3 heteroatoms. The van der Waals surface area contributed by atoms with E-state index in [4.69, 9.17) is 0 Å². The van der Waals surface area contributed by atoms with Crippen LogP contribution in [0.5, 0.6) is 0 Å². The summed E-state index contributed by atoms with van der Waals surface area (Å²) in [6.45, 7) is 2.96. The van der Waals surface area contributed by atoms with E-state index in [1.165, 1.54) is 24.0 Å². The predicted molar refractivity (Wildman–Crippen MR) is 69.3 cm³/mol. The summed E-state index contributed by atoms with van der Waals surface area (Å²) in [5.74, 6) is 0.0223. The average Bonchev–Trinajstić information content (AvgIpc) is 3.20. The van der Waals surface area contributed by atoms with Crippen LogP contribution in [0.2, 0.25) is 0 Å². The van der Waals surface area contributed by atoms with Gasteiger partial charge in [0, 0.05) is 12.6 Å². The summed E-state index contributed by atoms with van der Waals surface area (Å²) < 4.78 is 0. The van der Waals surface area contributed by atoms with E-state index in [2.05, 4.69) is 24.0 Å². The second-order valence-corrected chi connectivity index (χ2v) is 5.58. The molecule has 1 aromatic carbocycles. The van der Waals surface area contributed by atoms with E-state index in [1.807, 2.05) is 12.1 Å². The Hall–Kier alpha value is -1.35. The van der Waals surface area contributed by atoms with Gasteiger partial charge in [-0.2, -0.15) is 0 Å². The van der Waals surface area contributed by atoms with E-state index in [0.717, 1.165) is 6.54 Å². The van der Waals surface area contributed by atoms with E-state index in [1.54, 1.807) is 0 Å². The number of carboxylic acid groups (broad SMARTS) is 1. The van der Waals surface area contributed by atoms with Gasteiger partial charge in [0.2, 0.25) is 0 Å². The number of carbonyl (C=O) groups is 1. The highest BCUT2D eigenvalue weighted by atomic mass is 16.4. The maximum atomic E-state index is 11.5. The third kappa shape index (κ3) is 2.03. The minimum atomic E-state index is -0.683. The molecule has 2 aliphatic rings. The number of carboxylic acids is 1. The summed E-state index contributed by atoms with van der Waals surface area (Å²) in [5, 5.41) is 9.44. The van der Waals surface area contributed by atoms with Crippen molar-refractivity contribution in [3.8, 4) is 0 Å². The van der Waals surface area contributed by atoms with Crippen molar-refractivity contribution in [1.29, 1.82) is 0 Å². The van der Waals surface area contributed by atoms with Crippen LogP contribution in [0.4, 0.5) is 0 Å². The summed E-state index contributed by atoms with van der Waals surface area (Å²) >= 11 is 0. The molecule has 0 spiro atoms. The molecule has 0 saturated heterocycles. The molecule has 1 aliphatic heterocycles. The molecule has 2 unspecified atom stereocenters. The fourth-order valence-corrected chi connectivity index (χ4v) is 3.05. The van der Waals surface area contributed by atoms with Crippen molar-refractivity contribution >= 4 is 5.97 Å². The van der Waals surface area contributed by atoms with Crippen LogP contribution in [-0.2, 0) is 17.8 Å². The van der Waals surface area contributed by atoms with E-state index >= 15 is 0 Å². The van der Waals surface area contributed by atoms with Gasteiger partial charge in [-0.15, -0.1) is 0 Å². The molecule has 1 heterocycles. The molecular formula is C15H19NO2. The van der Waals surface area contributed by atoms with Gasteiger partial charge in [-0.1, -0.05) is 24.3 Å². The van der Waals surface area contributed by atoms with Gasteiger partial charge in [-0.05, 0) is 43.2 Å². The zero-order chi connectivity index (χ0) is 12.7. The van der Waals surface area contributed by atoms with Crippen LogP contribution in [0.3, 0.4) is 0 Å². The average molecular weight is 245 g/mol. The molecule has 18 heavy (non-hydrogen) atoms. The van der Waals surface area contributed by atoms with Crippen molar-refractivity contribution in [3.05, 3.63) is 35.4 Å². The molecule has 1 N–H and O–H groups in total. The maximum absolute atomic E-state index is 11.5. The van der Waals surface area contributed by atoms with Gasteiger partial charge in [0.25, 0.3) is 0 Å². The summed E-state index contributed by atoms with van der Waals surface area (Å²) in [5.41, 5.74) is 2.49. The molecule has 96 valence electrons. The van der Waals surface area contributed by atoms with Crippen molar-refractivity contribution in [2.45, 2.75) is 44.8 Å². The summed E-state index contributed by atoms with van der Waals surface area (Å²) in [6.07, 6.45) is 3.15. The number of benzene rings is 1. The van der Waals surface area contributed by atoms with Gasteiger partial charge in [-0.25, -0.2) is 0 Å². The van der Waals surface area contributed by atoms with Crippen molar-refractivity contribution < 1.29 is 9.90 Å². The van der Waals surface area contributed by atoms with Crippen LogP contribution in [0.1, 0.15) is 30.9 Å². The number of rotatable bonds is 3. The maximum Gasteiger partial charge on any atom is 0.321 e. The first kappa shape index (κ1) is 11.7. The second-order valence-electron chi connectivity index (χ2n) is 5.58. The highest BCUT2D eigenvalue weighted by Gasteiger charge is 2.39. The molecular weight excluding hydrogens is 226 g/mol. The van der Waals surface area contributed by atoms with Crippen LogP contribution in [0.25, 0.3) is 0 Å². The van der Waals surface area contributed by atoms with Crippen LogP contribution in [0, 0.1) is 5.92 Å². The van der Waals surface area contributed by atoms with Crippen molar-refractivity contribution in [2.75, 3.05) is 0 Å². The lowest BCUT2D eigenvalue weighted by Crippen LogP contribution is -2.50. The van der Waals surface area contributed by atoms with Gasteiger partial charge in [0.15, 0.2) is 0 Å². The van der Waals surface area contributed by atoms with Gasteiger partial charge in [0.05, 0.1) is 0 Å². The molecule has 0 radical (unpaired) electrons. The van der Waals surface area contributed by atoms with E-state index in [-0.39, 0.29) is 6.04 Å². The van der Waals surface area contributed by atoms with Crippen LogP contribution in [0.15, 0.2) is 24.3 Å². The predicted octanol–water partition coefficient (Wildman–Crippen LogP) is 2.30. The molecule has 3 rings (SSSR count). The van der Waals surface area contributed by atoms with Crippen LogP contribution >= 0.6 is 0 Å². The molecule has 1 aromatic rings. The highest BCUT2D eigenvalue weighted by Crippen LogP contribution is 2.38. The fourth-order valence-electron chi connectivity index (χ4n) is 3.05. The molecule has 3 nitrogen and oxygen atoms in total. The number of aliphatic carboxylic acids is 1. The number of fused-ring (bicyclic) bond motifs is 1. The number of hydrogen-bond acceptors (Lipinski definition) is 2. The van der Waals surface area contributed by atoms with Gasteiger partial charge < -0.3 is 5.11 Å². The summed E-state index contributed by atoms with van der Waals surface area (Å²) in [6, 6.07) is 8.26. The minimum Gasteiger partial charge on any atom is -0.480 e. The summed E-state index contributed by atoms with van der Waals surface area (Å²) in [4.78, 5) is 13.7. The standard InChI is InChI=1S/C15H19NO2/c1-10(11-6-7-11)16-9-13-5-3-2-4-12(13)8-14(16)15(17)18/h2-5,10-11,14H,6-9H2,1H3,(H,17,18). The Labute approximate surface area is 107 Å². The monoisotopic (exact) mass is 245 g/mol. The Balaban J connectivity index is 1.89. The van der Waals surface area contributed by atoms with E-state index in [0.29, 0.717) is 18.4 Å². The first-order chi connectivity index (χ1) is 8.66. The third-order valence-electron chi connectivity index (χ3n) is 4.40. The first-order valence-electron chi connectivity index (χ1n) is 6.72. The molecule has 2 atom stereocenters. The summed E-state index contributed by atoms with van der Waals surface area (Å²) in [7, 11) is 0. The van der Waals surface area contributed by atoms with Crippen molar-refractivity contribution in [3.63, 3.8) is 0 Å². The molecule has 0 aromatic heterocycles. The van der Waals surface area contributed by atoms with E-state index < -0.39 is 5.97 Å². The number of nitrogens with zero attached hydrogens (tertiary/aromatic N) is 1. The minimum absolute atomic E-state index is 0.351. The highest BCUT2D eigenvalue weighted by molar-refractivity contribution is 5.74. The van der Waals surface area contributed by atoms with E-state index in [9.17, 15) is 9.90 Å². The second kappa shape index (κ2) is 4.39.